The second-order valence-corrected chi connectivity index (χ2v) is 6.34. The van der Waals surface area contributed by atoms with Gasteiger partial charge in [-0.15, -0.1) is 0 Å². The fraction of sp³-hybridized carbons (Fsp3) is 0.786. The predicted octanol–water partition coefficient (Wildman–Crippen LogP) is 1.41. The Balaban J connectivity index is 1.60. The quantitative estimate of drug-likeness (QED) is 0.901. The zero-order valence-electron chi connectivity index (χ0n) is 12.3. The molecular weight excluding hydrogens is 256 g/mol. The number of nitrogens with one attached hydrogen (secondary N) is 1. The molecule has 2 heterocycles. The molecule has 2 atom stereocenters. The second kappa shape index (κ2) is 5.16. The Morgan fingerprint density at radius 3 is 2.75 bits per heavy atom. The summed E-state index contributed by atoms with van der Waals surface area (Å²) in [7, 11) is 0. The molecule has 1 N–H and O–H groups in total. The molecule has 6 nitrogen and oxygen atoms in total. The zero-order valence-corrected chi connectivity index (χ0v) is 12.3. The summed E-state index contributed by atoms with van der Waals surface area (Å²) in [5.41, 5.74) is 0. The highest BCUT2D eigenvalue weighted by molar-refractivity contribution is 5.90. The van der Waals surface area contributed by atoms with Gasteiger partial charge in [-0.3, -0.25) is 9.69 Å². The fourth-order valence-corrected chi connectivity index (χ4v) is 2.67. The van der Waals surface area contributed by atoms with Crippen LogP contribution >= 0.6 is 0 Å². The van der Waals surface area contributed by atoms with Gasteiger partial charge >= 0.3 is 0 Å². The van der Waals surface area contributed by atoms with E-state index in [1.807, 2.05) is 0 Å². The average Bonchev–Trinajstić information content (AvgIpc) is 3.01. The van der Waals surface area contributed by atoms with Crippen molar-refractivity contribution in [3.05, 3.63) is 11.7 Å². The summed E-state index contributed by atoms with van der Waals surface area (Å²) in [4.78, 5) is 18.7. The van der Waals surface area contributed by atoms with Gasteiger partial charge in [0, 0.05) is 31.1 Å². The molecule has 1 aliphatic carbocycles. The monoisotopic (exact) mass is 278 g/mol. The van der Waals surface area contributed by atoms with Crippen LogP contribution in [0.3, 0.4) is 0 Å². The van der Waals surface area contributed by atoms with Crippen LogP contribution in [0.5, 0.6) is 0 Å². The van der Waals surface area contributed by atoms with Crippen molar-refractivity contribution >= 4 is 5.91 Å². The van der Waals surface area contributed by atoms with E-state index in [4.69, 9.17) is 4.52 Å². The molecule has 1 aromatic heterocycles. The third-order valence-electron chi connectivity index (χ3n) is 4.26. The first-order valence-corrected chi connectivity index (χ1v) is 7.43. The van der Waals surface area contributed by atoms with Crippen molar-refractivity contribution in [3.63, 3.8) is 0 Å². The van der Waals surface area contributed by atoms with E-state index < -0.39 is 0 Å². The van der Waals surface area contributed by atoms with Gasteiger partial charge < -0.3 is 9.84 Å². The second-order valence-electron chi connectivity index (χ2n) is 6.34. The highest BCUT2D eigenvalue weighted by Gasteiger charge is 2.34. The number of carbonyl (C=O) groups excluding carboxylic acids is 1. The Bertz CT molecular complexity index is 495. The lowest BCUT2D eigenvalue weighted by atomic mass is 10.1. The predicted molar refractivity (Wildman–Crippen MR) is 73.4 cm³/mol. The number of hydrogen-bond donors (Lipinski definition) is 1. The molecule has 2 fully saturated rings. The van der Waals surface area contributed by atoms with Crippen LogP contribution < -0.4 is 5.32 Å². The van der Waals surface area contributed by atoms with Crippen LogP contribution in [0, 0.1) is 5.92 Å². The fourth-order valence-electron chi connectivity index (χ4n) is 2.67. The molecule has 1 saturated carbocycles. The lowest BCUT2D eigenvalue weighted by molar-refractivity contribution is 0.0917. The van der Waals surface area contributed by atoms with Gasteiger partial charge in [-0.25, -0.2) is 0 Å². The summed E-state index contributed by atoms with van der Waals surface area (Å²) >= 11 is 0. The van der Waals surface area contributed by atoms with Crippen LogP contribution in [-0.4, -0.2) is 46.1 Å². The molecule has 3 rings (SSSR count). The van der Waals surface area contributed by atoms with Gasteiger partial charge in [0.2, 0.25) is 5.89 Å². The Kier molecular flexibility index (Phi) is 3.50. The van der Waals surface area contributed by atoms with E-state index in [-0.39, 0.29) is 17.8 Å². The van der Waals surface area contributed by atoms with Gasteiger partial charge in [0.15, 0.2) is 0 Å². The molecule has 20 heavy (non-hydrogen) atoms. The Labute approximate surface area is 118 Å². The van der Waals surface area contributed by atoms with Gasteiger partial charge in [-0.1, -0.05) is 12.1 Å². The third kappa shape index (κ3) is 2.70. The number of rotatable bonds is 4. The molecular formula is C14H22N4O2. The zero-order chi connectivity index (χ0) is 14.3. The molecule has 1 aliphatic heterocycles. The highest BCUT2D eigenvalue weighted by Crippen LogP contribution is 2.38. The summed E-state index contributed by atoms with van der Waals surface area (Å²) in [6.45, 7) is 8.43. The molecule has 0 radical (unpaired) electrons. The summed E-state index contributed by atoms with van der Waals surface area (Å²) < 4.78 is 5.13. The van der Waals surface area contributed by atoms with Crippen LogP contribution in [0.25, 0.3) is 0 Å². The number of carbonyl (C=O) groups is 1. The summed E-state index contributed by atoms with van der Waals surface area (Å²) in [5, 5.41) is 6.82. The maximum Gasteiger partial charge on any atom is 0.292 e. The minimum absolute atomic E-state index is 0.160. The number of hydrogen-bond acceptors (Lipinski definition) is 5. The standard InChI is InChI=1S/C14H22N4O2/c1-8(2)18-6-9(3)11(7-18)15-13(19)12-16-14(20-17-12)10-4-5-10/h8-11H,4-7H2,1-3H3,(H,15,19). The summed E-state index contributed by atoms with van der Waals surface area (Å²) in [6, 6.07) is 0.666. The number of aromatic nitrogens is 2. The first-order valence-electron chi connectivity index (χ1n) is 7.43. The molecule has 0 bridgehead atoms. The minimum atomic E-state index is -0.219. The normalized spacial score (nSPS) is 27.2. The van der Waals surface area contributed by atoms with E-state index in [1.54, 1.807) is 0 Å². The van der Waals surface area contributed by atoms with Gasteiger partial charge in [0.25, 0.3) is 11.7 Å². The van der Waals surface area contributed by atoms with Crippen LogP contribution in [0.4, 0.5) is 0 Å². The van der Waals surface area contributed by atoms with Gasteiger partial charge in [0.05, 0.1) is 0 Å². The van der Waals surface area contributed by atoms with Gasteiger partial charge in [-0.05, 0) is 32.6 Å². The van der Waals surface area contributed by atoms with Crippen molar-refractivity contribution in [1.29, 1.82) is 0 Å². The van der Waals surface area contributed by atoms with Crippen molar-refractivity contribution in [2.75, 3.05) is 13.1 Å². The average molecular weight is 278 g/mol. The lowest BCUT2D eigenvalue weighted by Gasteiger charge is -2.20. The topological polar surface area (TPSA) is 71.3 Å². The molecule has 1 saturated heterocycles. The van der Waals surface area contributed by atoms with Crippen LogP contribution in [0.15, 0.2) is 4.52 Å². The first kappa shape index (κ1) is 13.5. The minimum Gasteiger partial charge on any atom is -0.345 e. The molecule has 2 unspecified atom stereocenters. The number of likely N-dealkylation sites (tertiary alicyclic amines) is 1. The SMILES string of the molecule is CC1CN(C(C)C)CC1NC(=O)c1noc(C2CC2)n1. The molecule has 6 heteroatoms. The van der Waals surface area contributed by atoms with Crippen LogP contribution in [0.1, 0.15) is 56.0 Å². The lowest BCUT2D eigenvalue weighted by Crippen LogP contribution is -2.40. The Morgan fingerprint density at radius 1 is 1.40 bits per heavy atom. The molecule has 110 valence electrons. The summed E-state index contributed by atoms with van der Waals surface area (Å²) in [5.74, 6) is 1.38. The van der Waals surface area contributed by atoms with E-state index in [9.17, 15) is 4.79 Å². The number of amides is 1. The molecule has 1 amide bonds. The smallest absolute Gasteiger partial charge is 0.292 e. The largest absolute Gasteiger partial charge is 0.345 e. The van der Waals surface area contributed by atoms with Crippen LogP contribution in [-0.2, 0) is 0 Å². The van der Waals surface area contributed by atoms with Gasteiger partial charge in [-0.2, -0.15) is 4.98 Å². The van der Waals surface area contributed by atoms with Crippen molar-refractivity contribution in [3.8, 4) is 0 Å². The van der Waals surface area contributed by atoms with E-state index in [1.165, 1.54) is 0 Å². The summed E-state index contributed by atoms with van der Waals surface area (Å²) in [6.07, 6.45) is 2.18. The van der Waals surface area contributed by atoms with Crippen molar-refractivity contribution in [2.45, 2.75) is 51.6 Å². The molecule has 0 aromatic carbocycles. The van der Waals surface area contributed by atoms with E-state index in [0.717, 1.165) is 25.9 Å². The van der Waals surface area contributed by atoms with Crippen molar-refractivity contribution < 1.29 is 9.32 Å². The first-order chi connectivity index (χ1) is 9.54. The maximum absolute atomic E-state index is 12.2. The Morgan fingerprint density at radius 2 is 2.15 bits per heavy atom. The molecule has 0 spiro atoms. The van der Waals surface area contributed by atoms with Crippen LogP contribution in [0.2, 0.25) is 0 Å². The molecule has 1 aromatic rings. The van der Waals surface area contributed by atoms with E-state index in [0.29, 0.717) is 23.8 Å². The van der Waals surface area contributed by atoms with Crippen molar-refractivity contribution in [2.24, 2.45) is 5.92 Å². The Hall–Kier alpha value is -1.43. The highest BCUT2D eigenvalue weighted by atomic mass is 16.5. The van der Waals surface area contributed by atoms with E-state index >= 15 is 0 Å². The van der Waals surface area contributed by atoms with E-state index in [2.05, 4.69) is 41.1 Å². The third-order valence-corrected chi connectivity index (χ3v) is 4.26. The van der Waals surface area contributed by atoms with Gasteiger partial charge in [0.1, 0.15) is 0 Å². The maximum atomic E-state index is 12.2. The molecule has 2 aliphatic rings. The number of nitrogens with zero attached hydrogens (tertiary/aromatic N) is 3. The van der Waals surface area contributed by atoms with Crippen molar-refractivity contribution in [1.82, 2.24) is 20.4 Å².